The number of fused-ring (bicyclic) bond motifs is 1. The Hall–Kier alpha value is -3.29. The predicted molar refractivity (Wildman–Crippen MR) is 129 cm³/mol. The molecule has 0 bridgehead atoms. The second-order valence-corrected chi connectivity index (χ2v) is 8.41. The number of nitrogens with zero attached hydrogens (tertiary/aromatic N) is 4. The molecule has 1 aromatic heterocycles. The monoisotopic (exact) mass is 464 g/mol. The van der Waals surface area contributed by atoms with E-state index in [9.17, 15) is 9.59 Å². The Morgan fingerprint density at radius 1 is 1.09 bits per heavy atom. The molecule has 33 heavy (non-hydrogen) atoms. The number of carbonyl (C=O) groups excluding carboxylic acids is 1. The van der Waals surface area contributed by atoms with Crippen LogP contribution in [0.5, 0.6) is 0 Å². The van der Waals surface area contributed by atoms with E-state index in [1.807, 2.05) is 79.7 Å². The van der Waals surface area contributed by atoms with Gasteiger partial charge in [-0.3, -0.25) is 4.79 Å². The molecule has 0 spiro atoms. The van der Waals surface area contributed by atoms with Crippen LogP contribution in [-0.4, -0.2) is 53.4 Å². The van der Waals surface area contributed by atoms with Gasteiger partial charge in [0.25, 0.3) is 0 Å². The van der Waals surface area contributed by atoms with Crippen LogP contribution in [0.25, 0.3) is 5.69 Å². The average Bonchev–Trinajstić information content (AvgIpc) is 2.79. The van der Waals surface area contributed by atoms with Gasteiger partial charge in [0, 0.05) is 23.7 Å². The number of rotatable bonds is 6. The van der Waals surface area contributed by atoms with Crippen LogP contribution < -0.4 is 5.69 Å². The zero-order chi connectivity index (χ0) is 23.5. The van der Waals surface area contributed by atoms with Gasteiger partial charge in [-0.25, -0.2) is 14.4 Å². The van der Waals surface area contributed by atoms with Gasteiger partial charge in [0.2, 0.25) is 0 Å². The minimum Gasteiger partial charge on any atom is -0.465 e. The molecule has 4 rings (SSSR count). The van der Waals surface area contributed by atoms with Crippen molar-refractivity contribution in [1.82, 2.24) is 14.5 Å². The maximum atomic E-state index is 13.3. The number of hydrogen-bond acceptors (Lipinski definition) is 6. The number of carbonyl (C=O) groups is 1. The first-order valence-corrected chi connectivity index (χ1v) is 11.1. The lowest BCUT2D eigenvalue weighted by molar-refractivity contribution is -0.146. The van der Waals surface area contributed by atoms with Crippen LogP contribution in [0.15, 0.2) is 70.5 Å². The normalized spacial score (nSPS) is 17.4. The zero-order valence-corrected chi connectivity index (χ0v) is 19.5. The first-order chi connectivity index (χ1) is 15.9. The molecule has 170 valence electrons. The molecular formula is C25H25ClN4O3. The molecule has 0 saturated heterocycles. The van der Waals surface area contributed by atoms with Crippen LogP contribution in [0.2, 0.25) is 5.15 Å². The molecule has 0 amide bonds. The van der Waals surface area contributed by atoms with Gasteiger partial charge < -0.3 is 9.64 Å². The number of esters is 1. The van der Waals surface area contributed by atoms with Crippen LogP contribution in [0, 0.1) is 5.92 Å². The van der Waals surface area contributed by atoms with Crippen LogP contribution in [0.4, 0.5) is 5.82 Å². The van der Waals surface area contributed by atoms with Crippen molar-refractivity contribution >= 4 is 29.1 Å². The standard InChI is InChI=1S/C25H25ClN4O3/c1-4-33-24(31)20-18(15-29(2)3)27-23-21(19(20)16-11-7-5-8-12-16)22(26)28-25(32)30(23)17-13-9-6-10-14-17/h5-14,19-20H,4,15H2,1-3H3. The van der Waals surface area contributed by atoms with E-state index in [4.69, 9.17) is 21.3 Å². The molecule has 2 aromatic carbocycles. The van der Waals surface area contributed by atoms with E-state index in [1.165, 1.54) is 4.57 Å². The van der Waals surface area contributed by atoms with Crippen molar-refractivity contribution in [2.45, 2.75) is 12.8 Å². The third-order valence-corrected chi connectivity index (χ3v) is 5.79. The maximum absolute atomic E-state index is 13.3. The molecule has 2 unspecified atom stereocenters. The van der Waals surface area contributed by atoms with Gasteiger partial charge in [0.15, 0.2) is 0 Å². The fourth-order valence-electron chi connectivity index (χ4n) is 4.23. The van der Waals surface area contributed by atoms with E-state index >= 15 is 0 Å². The fraction of sp³-hybridized carbons (Fsp3) is 0.280. The number of aliphatic imine (C=N–C) groups is 1. The van der Waals surface area contributed by atoms with Crippen LogP contribution in [-0.2, 0) is 9.53 Å². The highest BCUT2D eigenvalue weighted by Gasteiger charge is 2.43. The molecule has 3 aromatic rings. The molecule has 0 aliphatic carbocycles. The van der Waals surface area contributed by atoms with E-state index in [0.717, 1.165) is 5.56 Å². The lowest BCUT2D eigenvalue weighted by atomic mass is 9.76. The van der Waals surface area contributed by atoms with Crippen LogP contribution in [0.1, 0.15) is 24.0 Å². The number of hydrogen-bond donors (Lipinski definition) is 0. The minimum atomic E-state index is -0.705. The van der Waals surface area contributed by atoms with E-state index in [0.29, 0.717) is 29.3 Å². The SMILES string of the molecule is CCOC(=O)C1C(CN(C)C)=Nc2c(c(Cl)nc(=O)n2-c2ccccc2)C1c1ccccc1. The molecule has 2 atom stereocenters. The zero-order valence-electron chi connectivity index (χ0n) is 18.7. The maximum Gasteiger partial charge on any atom is 0.355 e. The van der Waals surface area contributed by atoms with Gasteiger partial charge in [-0.2, -0.15) is 4.98 Å². The molecule has 1 aliphatic rings. The summed E-state index contributed by atoms with van der Waals surface area (Å²) in [5.74, 6) is -1.21. The Morgan fingerprint density at radius 2 is 1.73 bits per heavy atom. The second kappa shape index (κ2) is 9.68. The molecule has 7 nitrogen and oxygen atoms in total. The van der Waals surface area contributed by atoms with Crippen LogP contribution in [0.3, 0.4) is 0 Å². The summed E-state index contributed by atoms with van der Waals surface area (Å²) in [5.41, 5.74) is 2.10. The van der Waals surface area contributed by atoms with Gasteiger partial charge in [-0.05, 0) is 38.7 Å². The summed E-state index contributed by atoms with van der Waals surface area (Å²) in [5, 5.41) is 0.0398. The highest BCUT2D eigenvalue weighted by Crippen LogP contribution is 2.45. The molecular weight excluding hydrogens is 440 g/mol. The Bertz CT molecular complexity index is 1240. The summed E-state index contributed by atoms with van der Waals surface area (Å²) in [6.45, 7) is 2.43. The summed E-state index contributed by atoms with van der Waals surface area (Å²) in [7, 11) is 3.81. The Balaban J connectivity index is 2.07. The van der Waals surface area contributed by atoms with Gasteiger partial charge >= 0.3 is 11.7 Å². The first-order valence-electron chi connectivity index (χ1n) is 10.7. The largest absolute Gasteiger partial charge is 0.465 e. The summed E-state index contributed by atoms with van der Waals surface area (Å²) in [4.78, 5) is 37.2. The van der Waals surface area contributed by atoms with Crippen molar-refractivity contribution in [3.63, 3.8) is 0 Å². The molecule has 0 N–H and O–H groups in total. The predicted octanol–water partition coefficient (Wildman–Crippen LogP) is 3.84. The first kappa shape index (κ1) is 22.9. The van der Waals surface area contributed by atoms with Crippen molar-refractivity contribution in [2.24, 2.45) is 10.9 Å². The average molecular weight is 465 g/mol. The summed E-state index contributed by atoms with van der Waals surface area (Å²) >= 11 is 6.60. The minimum absolute atomic E-state index is 0.0398. The van der Waals surface area contributed by atoms with Gasteiger partial charge in [0.1, 0.15) is 16.9 Å². The third-order valence-electron chi connectivity index (χ3n) is 5.50. The van der Waals surface area contributed by atoms with E-state index in [1.54, 1.807) is 6.92 Å². The lowest BCUT2D eigenvalue weighted by Crippen LogP contribution is -2.41. The van der Waals surface area contributed by atoms with Crippen LogP contribution >= 0.6 is 11.6 Å². The number of halogens is 1. The summed E-state index contributed by atoms with van der Waals surface area (Å²) < 4.78 is 6.92. The van der Waals surface area contributed by atoms with Gasteiger partial charge in [0.05, 0.1) is 12.3 Å². The molecule has 0 fully saturated rings. The fourth-order valence-corrected chi connectivity index (χ4v) is 4.51. The number of benzene rings is 2. The van der Waals surface area contributed by atoms with E-state index in [-0.39, 0.29) is 17.7 Å². The van der Waals surface area contributed by atoms with Crippen molar-refractivity contribution in [2.75, 3.05) is 27.2 Å². The highest BCUT2D eigenvalue weighted by atomic mass is 35.5. The number of ether oxygens (including phenoxy) is 1. The molecule has 0 radical (unpaired) electrons. The van der Waals surface area contributed by atoms with E-state index < -0.39 is 17.5 Å². The number of aromatic nitrogens is 2. The van der Waals surface area contributed by atoms with E-state index in [2.05, 4.69) is 4.98 Å². The Morgan fingerprint density at radius 3 is 2.33 bits per heavy atom. The van der Waals surface area contributed by atoms with Crippen molar-refractivity contribution < 1.29 is 9.53 Å². The van der Waals surface area contributed by atoms with Gasteiger partial charge in [-0.15, -0.1) is 0 Å². The molecule has 8 heteroatoms. The molecule has 0 saturated carbocycles. The lowest BCUT2D eigenvalue weighted by Gasteiger charge is -2.34. The third kappa shape index (κ3) is 4.47. The molecule has 2 heterocycles. The van der Waals surface area contributed by atoms with Gasteiger partial charge in [-0.1, -0.05) is 60.1 Å². The molecule has 1 aliphatic heterocycles. The van der Waals surface area contributed by atoms with Crippen molar-refractivity contribution in [3.8, 4) is 5.69 Å². The Labute approximate surface area is 197 Å². The topological polar surface area (TPSA) is 76.8 Å². The smallest absolute Gasteiger partial charge is 0.355 e. The van der Waals surface area contributed by atoms with Crippen molar-refractivity contribution in [3.05, 3.63) is 87.4 Å². The van der Waals surface area contributed by atoms with Crippen molar-refractivity contribution in [1.29, 1.82) is 0 Å². The quantitative estimate of drug-likeness (QED) is 0.409. The summed E-state index contributed by atoms with van der Waals surface area (Å²) in [6.07, 6.45) is 0. The Kier molecular flexibility index (Phi) is 6.72. The highest BCUT2D eigenvalue weighted by molar-refractivity contribution is 6.30. The summed E-state index contributed by atoms with van der Waals surface area (Å²) in [6, 6.07) is 18.8. The second-order valence-electron chi connectivity index (χ2n) is 8.05. The number of para-hydroxylation sites is 1.